The third-order valence-electron chi connectivity index (χ3n) is 4.47. The van der Waals surface area contributed by atoms with Gasteiger partial charge in [-0.2, -0.15) is 0 Å². The number of phenols is 1. The highest BCUT2D eigenvalue weighted by molar-refractivity contribution is 5.45. The molecule has 0 aliphatic heterocycles. The molecule has 3 heteroatoms. The Balaban J connectivity index is 2.38. The summed E-state index contributed by atoms with van der Waals surface area (Å²) in [5.74, 6) is 1.31. The lowest BCUT2D eigenvalue weighted by atomic mass is 9.67. The van der Waals surface area contributed by atoms with E-state index in [1.807, 2.05) is 18.2 Å². The molecule has 2 atom stereocenters. The Morgan fingerprint density at radius 2 is 2.10 bits per heavy atom. The third-order valence-corrected chi connectivity index (χ3v) is 4.47. The molecule has 2 N–H and O–H groups in total. The summed E-state index contributed by atoms with van der Waals surface area (Å²) < 4.78 is 5.21. The SMILES string of the molecule is CCC(C)(c1ccc(O)c(OC)c1)C1C=CC(O)=CC1. The highest BCUT2D eigenvalue weighted by Crippen LogP contribution is 2.42. The van der Waals surface area contributed by atoms with Crippen molar-refractivity contribution in [3.8, 4) is 11.5 Å². The molecule has 0 fully saturated rings. The van der Waals surface area contributed by atoms with Crippen molar-refractivity contribution in [1.82, 2.24) is 0 Å². The maximum Gasteiger partial charge on any atom is 0.160 e. The Bertz CT molecular complexity index is 545. The van der Waals surface area contributed by atoms with Gasteiger partial charge in [0.15, 0.2) is 11.5 Å². The van der Waals surface area contributed by atoms with E-state index in [1.54, 1.807) is 19.3 Å². The molecule has 0 saturated carbocycles. The smallest absolute Gasteiger partial charge is 0.160 e. The second-order valence-corrected chi connectivity index (χ2v) is 5.49. The van der Waals surface area contributed by atoms with Crippen molar-refractivity contribution in [1.29, 1.82) is 0 Å². The molecular formula is C17H22O3. The van der Waals surface area contributed by atoms with E-state index in [0.717, 1.165) is 18.4 Å². The Hall–Kier alpha value is -1.90. The summed E-state index contributed by atoms with van der Waals surface area (Å²) in [6, 6.07) is 5.54. The number of hydrogen-bond acceptors (Lipinski definition) is 3. The Kier molecular flexibility index (Phi) is 4.07. The molecule has 20 heavy (non-hydrogen) atoms. The van der Waals surface area contributed by atoms with Crippen LogP contribution in [-0.4, -0.2) is 17.3 Å². The first kappa shape index (κ1) is 14.5. The van der Waals surface area contributed by atoms with Gasteiger partial charge in [0, 0.05) is 0 Å². The van der Waals surface area contributed by atoms with Gasteiger partial charge in [-0.1, -0.05) is 26.0 Å². The highest BCUT2D eigenvalue weighted by atomic mass is 16.5. The second kappa shape index (κ2) is 5.61. The zero-order chi connectivity index (χ0) is 14.8. The molecule has 0 aromatic heterocycles. The topological polar surface area (TPSA) is 49.7 Å². The molecule has 0 radical (unpaired) electrons. The maximum atomic E-state index is 9.74. The largest absolute Gasteiger partial charge is 0.508 e. The first-order valence-electron chi connectivity index (χ1n) is 6.96. The van der Waals surface area contributed by atoms with Crippen LogP contribution in [0.2, 0.25) is 0 Å². The van der Waals surface area contributed by atoms with Gasteiger partial charge in [0.1, 0.15) is 5.76 Å². The standard InChI is InChI=1S/C17H22O3/c1-4-17(2,12-5-8-14(18)9-6-12)13-7-10-15(19)16(11-13)20-3/h5,7-12,18-19H,4,6H2,1-3H3. The number of phenolic OH excluding ortho intramolecular Hbond substituents is 1. The van der Waals surface area contributed by atoms with Crippen LogP contribution in [-0.2, 0) is 5.41 Å². The molecule has 1 aliphatic rings. The van der Waals surface area contributed by atoms with E-state index in [-0.39, 0.29) is 11.2 Å². The Morgan fingerprint density at radius 1 is 1.35 bits per heavy atom. The summed E-state index contributed by atoms with van der Waals surface area (Å²) in [5.41, 5.74) is 1.08. The lowest BCUT2D eigenvalue weighted by molar-refractivity contribution is 0.321. The first-order valence-corrected chi connectivity index (χ1v) is 6.96. The van der Waals surface area contributed by atoms with Crippen LogP contribution in [0, 0.1) is 5.92 Å². The first-order chi connectivity index (χ1) is 9.51. The maximum absolute atomic E-state index is 9.74. The van der Waals surface area contributed by atoms with Gasteiger partial charge in [-0.3, -0.25) is 0 Å². The van der Waals surface area contributed by atoms with E-state index >= 15 is 0 Å². The van der Waals surface area contributed by atoms with Crippen molar-refractivity contribution < 1.29 is 14.9 Å². The predicted molar refractivity (Wildman–Crippen MR) is 80.3 cm³/mol. The summed E-state index contributed by atoms with van der Waals surface area (Å²) in [6.07, 6.45) is 7.47. The van der Waals surface area contributed by atoms with E-state index in [9.17, 15) is 10.2 Å². The van der Waals surface area contributed by atoms with Gasteiger partial charge < -0.3 is 14.9 Å². The van der Waals surface area contributed by atoms with Gasteiger partial charge in [-0.15, -0.1) is 0 Å². The van der Waals surface area contributed by atoms with E-state index in [2.05, 4.69) is 19.9 Å². The molecule has 0 bridgehead atoms. The van der Waals surface area contributed by atoms with Crippen LogP contribution < -0.4 is 4.74 Å². The third kappa shape index (κ3) is 2.53. The predicted octanol–water partition coefficient (Wildman–Crippen LogP) is 4.09. The number of benzene rings is 1. The van der Waals surface area contributed by atoms with E-state index < -0.39 is 0 Å². The lowest BCUT2D eigenvalue weighted by Gasteiger charge is -2.37. The molecule has 1 aliphatic carbocycles. The molecule has 0 heterocycles. The van der Waals surface area contributed by atoms with Crippen molar-refractivity contribution in [2.45, 2.75) is 32.1 Å². The van der Waals surface area contributed by atoms with Crippen LogP contribution in [0.15, 0.2) is 42.2 Å². The summed E-state index contributed by atoms with van der Waals surface area (Å²) in [6.45, 7) is 4.37. The highest BCUT2D eigenvalue weighted by Gasteiger charge is 2.33. The molecule has 2 rings (SSSR count). The molecule has 0 saturated heterocycles. The number of allylic oxidation sites excluding steroid dienone is 3. The molecule has 1 aromatic rings. The van der Waals surface area contributed by atoms with Gasteiger partial charge in [0.05, 0.1) is 7.11 Å². The number of hydrogen-bond donors (Lipinski definition) is 2. The van der Waals surface area contributed by atoms with Gasteiger partial charge in [0.25, 0.3) is 0 Å². The second-order valence-electron chi connectivity index (χ2n) is 5.49. The average Bonchev–Trinajstić information content (AvgIpc) is 2.47. The summed E-state index contributed by atoms with van der Waals surface area (Å²) in [5, 5.41) is 19.2. The zero-order valence-corrected chi connectivity index (χ0v) is 12.3. The minimum Gasteiger partial charge on any atom is -0.508 e. The normalized spacial score (nSPS) is 21.1. The fourth-order valence-corrected chi connectivity index (χ4v) is 2.79. The van der Waals surface area contributed by atoms with E-state index in [0.29, 0.717) is 17.4 Å². The fraction of sp³-hybridized carbons (Fsp3) is 0.412. The molecule has 3 nitrogen and oxygen atoms in total. The molecule has 2 unspecified atom stereocenters. The number of methoxy groups -OCH3 is 1. The van der Waals surface area contributed by atoms with Gasteiger partial charge in [-0.25, -0.2) is 0 Å². The number of aliphatic hydroxyl groups is 1. The van der Waals surface area contributed by atoms with E-state index in [4.69, 9.17) is 4.74 Å². The van der Waals surface area contributed by atoms with Crippen LogP contribution >= 0.6 is 0 Å². The number of aromatic hydroxyl groups is 1. The van der Waals surface area contributed by atoms with Crippen LogP contribution in [0.5, 0.6) is 11.5 Å². The van der Waals surface area contributed by atoms with Crippen molar-refractivity contribution in [3.63, 3.8) is 0 Å². The van der Waals surface area contributed by atoms with Gasteiger partial charge in [0.2, 0.25) is 0 Å². The van der Waals surface area contributed by atoms with Crippen LogP contribution in [0.1, 0.15) is 32.3 Å². The van der Waals surface area contributed by atoms with E-state index in [1.165, 1.54) is 0 Å². The Labute approximate surface area is 120 Å². The summed E-state index contributed by atoms with van der Waals surface area (Å²) in [4.78, 5) is 0. The number of aliphatic hydroxyl groups excluding tert-OH is 1. The van der Waals surface area contributed by atoms with Gasteiger partial charge >= 0.3 is 0 Å². The average molecular weight is 274 g/mol. The van der Waals surface area contributed by atoms with Crippen molar-refractivity contribution >= 4 is 0 Å². The molecule has 0 amide bonds. The minimum absolute atomic E-state index is 0.0608. The van der Waals surface area contributed by atoms with Crippen LogP contribution in [0.4, 0.5) is 0 Å². The summed E-state index contributed by atoms with van der Waals surface area (Å²) in [7, 11) is 1.56. The monoisotopic (exact) mass is 274 g/mol. The quantitative estimate of drug-likeness (QED) is 0.869. The number of ether oxygens (including phenoxy) is 1. The van der Waals surface area contributed by atoms with Crippen molar-refractivity contribution in [2.75, 3.05) is 7.11 Å². The van der Waals surface area contributed by atoms with Crippen molar-refractivity contribution in [2.24, 2.45) is 5.92 Å². The molecule has 108 valence electrons. The molecular weight excluding hydrogens is 252 g/mol. The minimum atomic E-state index is -0.0608. The Morgan fingerprint density at radius 3 is 2.65 bits per heavy atom. The zero-order valence-electron chi connectivity index (χ0n) is 12.3. The lowest BCUT2D eigenvalue weighted by Crippen LogP contribution is -2.31. The summed E-state index contributed by atoms with van der Waals surface area (Å²) >= 11 is 0. The van der Waals surface area contributed by atoms with Crippen LogP contribution in [0.25, 0.3) is 0 Å². The van der Waals surface area contributed by atoms with Gasteiger partial charge in [-0.05, 0) is 54.0 Å². The van der Waals surface area contributed by atoms with Crippen molar-refractivity contribution in [3.05, 3.63) is 47.7 Å². The fourth-order valence-electron chi connectivity index (χ4n) is 2.79. The van der Waals surface area contributed by atoms with Crippen LogP contribution in [0.3, 0.4) is 0 Å². The molecule has 0 spiro atoms. The number of rotatable bonds is 4. The molecule has 1 aromatic carbocycles.